The number of amides is 1. The minimum atomic E-state index is -0.481. The van der Waals surface area contributed by atoms with Crippen molar-refractivity contribution in [2.24, 2.45) is 0 Å². The first-order valence-corrected chi connectivity index (χ1v) is 6.92. The van der Waals surface area contributed by atoms with Crippen LogP contribution in [0.5, 0.6) is 0 Å². The minimum Gasteiger partial charge on any atom is -0.361 e. The Morgan fingerprint density at radius 2 is 2.10 bits per heavy atom. The zero-order valence-corrected chi connectivity index (χ0v) is 12.5. The SMILES string of the molecule is Cc1cc[nH]c1/C=C1\C(=O)Nc2ccc([N+](=O)[O-])c(Br)c21. The van der Waals surface area contributed by atoms with Crippen molar-refractivity contribution in [1.29, 1.82) is 0 Å². The van der Waals surface area contributed by atoms with E-state index in [1.54, 1.807) is 18.3 Å². The molecule has 1 aliphatic rings. The maximum absolute atomic E-state index is 12.1. The number of aromatic nitrogens is 1. The summed E-state index contributed by atoms with van der Waals surface area (Å²) < 4.78 is 0.304. The number of H-pyrrole nitrogens is 1. The Hall–Kier alpha value is -2.41. The van der Waals surface area contributed by atoms with E-state index in [0.717, 1.165) is 11.3 Å². The van der Waals surface area contributed by atoms with Gasteiger partial charge >= 0.3 is 0 Å². The second kappa shape index (κ2) is 4.85. The molecule has 106 valence electrons. The highest BCUT2D eigenvalue weighted by molar-refractivity contribution is 9.10. The first kappa shape index (κ1) is 13.6. The van der Waals surface area contributed by atoms with Crippen LogP contribution in [0.15, 0.2) is 28.9 Å². The van der Waals surface area contributed by atoms with Crippen LogP contribution in [-0.2, 0) is 4.79 Å². The van der Waals surface area contributed by atoms with Gasteiger partial charge < -0.3 is 10.3 Å². The van der Waals surface area contributed by atoms with Crippen molar-refractivity contribution >= 4 is 44.9 Å². The molecule has 0 radical (unpaired) electrons. The van der Waals surface area contributed by atoms with Gasteiger partial charge in [-0.15, -0.1) is 0 Å². The summed E-state index contributed by atoms with van der Waals surface area (Å²) in [6.07, 6.45) is 3.48. The summed E-state index contributed by atoms with van der Waals surface area (Å²) in [7, 11) is 0. The van der Waals surface area contributed by atoms with E-state index in [1.165, 1.54) is 6.07 Å². The zero-order valence-electron chi connectivity index (χ0n) is 10.9. The van der Waals surface area contributed by atoms with Gasteiger partial charge in [0.05, 0.1) is 16.2 Å². The first-order valence-electron chi connectivity index (χ1n) is 6.13. The molecule has 0 fully saturated rings. The summed E-state index contributed by atoms with van der Waals surface area (Å²) in [6, 6.07) is 4.80. The van der Waals surface area contributed by atoms with Gasteiger partial charge in [0.2, 0.25) is 0 Å². The third kappa shape index (κ3) is 2.15. The molecule has 21 heavy (non-hydrogen) atoms. The zero-order chi connectivity index (χ0) is 15.1. The topological polar surface area (TPSA) is 88.0 Å². The fraction of sp³-hybridized carbons (Fsp3) is 0.0714. The summed E-state index contributed by atoms with van der Waals surface area (Å²) in [6.45, 7) is 1.92. The highest BCUT2D eigenvalue weighted by Gasteiger charge is 2.30. The number of aryl methyl sites for hydroxylation is 1. The van der Waals surface area contributed by atoms with Crippen molar-refractivity contribution in [2.75, 3.05) is 5.32 Å². The van der Waals surface area contributed by atoms with Gasteiger partial charge in [-0.3, -0.25) is 14.9 Å². The molecule has 0 saturated heterocycles. The molecule has 0 saturated carbocycles. The molecule has 1 aromatic heterocycles. The molecule has 1 aromatic carbocycles. The van der Waals surface area contributed by atoms with E-state index in [2.05, 4.69) is 26.2 Å². The predicted octanol–water partition coefficient (Wildman–Crippen LogP) is 3.49. The number of benzene rings is 1. The number of rotatable bonds is 2. The van der Waals surface area contributed by atoms with Gasteiger partial charge in [-0.1, -0.05) is 0 Å². The number of carbonyl (C=O) groups excluding carboxylic acids is 1. The largest absolute Gasteiger partial charge is 0.361 e. The summed E-state index contributed by atoms with van der Waals surface area (Å²) in [5.41, 5.74) is 3.19. The average Bonchev–Trinajstić information content (AvgIpc) is 2.95. The van der Waals surface area contributed by atoms with Gasteiger partial charge in [-0.2, -0.15) is 0 Å². The standard InChI is InChI=1S/C14H10BrN3O3/c1-7-4-5-16-10(7)6-8-12-9(17-14(8)19)2-3-11(13(12)15)18(20)21/h2-6,16H,1H3,(H,17,19)/b8-6-. The van der Waals surface area contributed by atoms with Crippen LogP contribution < -0.4 is 5.32 Å². The number of nitro groups is 1. The number of aromatic amines is 1. The summed E-state index contributed by atoms with van der Waals surface area (Å²) in [5.74, 6) is -0.278. The van der Waals surface area contributed by atoms with Crippen molar-refractivity contribution in [1.82, 2.24) is 4.98 Å². The number of nitrogens with zero attached hydrogens (tertiary/aromatic N) is 1. The lowest BCUT2D eigenvalue weighted by atomic mass is 10.0. The van der Waals surface area contributed by atoms with E-state index in [-0.39, 0.29) is 11.6 Å². The van der Waals surface area contributed by atoms with Gasteiger partial charge in [-0.25, -0.2) is 0 Å². The molecule has 1 aliphatic heterocycles. The van der Waals surface area contributed by atoms with E-state index < -0.39 is 4.92 Å². The van der Waals surface area contributed by atoms with Crippen molar-refractivity contribution < 1.29 is 9.72 Å². The fourth-order valence-corrected chi connectivity index (χ4v) is 2.98. The fourth-order valence-electron chi connectivity index (χ4n) is 2.27. The third-order valence-electron chi connectivity index (χ3n) is 3.37. The molecule has 0 spiro atoms. The quantitative estimate of drug-likeness (QED) is 0.495. The molecule has 2 N–H and O–H groups in total. The number of nitro benzene ring substituents is 1. The van der Waals surface area contributed by atoms with Gasteiger partial charge in [-0.05, 0) is 46.6 Å². The maximum Gasteiger partial charge on any atom is 0.284 e. The maximum atomic E-state index is 12.1. The second-order valence-corrected chi connectivity index (χ2v) is 5.46. The van der Waals surface area contributed by atoms with Crippen LogP contribution in [0.4, 0.5) is 11.4 Å². The summed E-state index contributed by atoms with van der Waals surface area (Å²) in [5, 5.41) is 13.7. The molecule has 0 aliphatic carbocycles. The van der Waals surface area contributed by atoms with Crippen molar-refractivity contribution in [3.63, 3.8) is 0 Å². The number of hydrogen-bond donors (Lipinski definition) is 2. The lowest BCUT2D eigenvalue weighted by Crippen LogP contribution is -2.03. The van der Waals surface area contributed by atoms with Gasteiger partial charge in [0.15, 0.2) is 0 Å². The lowest BCUT2D eigenvalue weighted by molar-refractivity contribution is -0.385. The molecule has 7 heteroatoms. The number of fused-ring (bicyclic) bond motifs is 1. The smallest absolute Gasteiger partial charge is 0.284 e. The van der Waals surface area contributed by atoms with Crippen molar-refractivity contribution in [3.05, 3.63) is 55.8 Å². The Morgan fingerprint density at radius 3 is 2.71 bits per heavy atom. The molecule has 0 bridgehead atoms. The van der Waals surface area contributed by atoms with Crippen LogP contribution in [0.3, 0.4) is 0 Å². The number of anilines is 1. The van der Waals surface area contributed by atoms with E-state index >= 15 is 0 Å². The first-order chi connectivity index (χ1) is 9.99. The molecule has 2 heterocycles. The van der Waals surface area contributed by atoms with Crippen LogP contribution in [0.25, 0.3) is 11.6 Å². The molecular formula is C14H10BrN3O3. The van der Waals surface area contributed by atoms with Crippen LogP contribution >= 0.6 is 15.9 Å². The monoisotopic (exact) mass is 347 g/mol. The second-order valence-electron chi connectivity index (χ2n) is 4.66. The normalized spacial score (nSPS) is 15.1. The Kier molecular flexibility index (Phi) is 3.13. The molecule has 3 rings (SSSR count). The van der Waals surface area contributed by atoms with Gasteiger partial charge in [0.1, 0.15) is 4.47 Å². The Balaban J connectivity index is 2.21. The highest BCUT2D eigenvalue weighted by Crippen LogP contribution is 2.42. The van der Waals surface area contributed by atoms with Gasteiger partial charge in [0.25, 0.3) is 11.6 Å². The summed E-state index contributed by atoms with van der Waals surface area (Å²) in [4.78, 5) is 25.7. The van der Waals surface area contributed by atoms with Crippen molar-refractivity contribution in [3.8, 4) is 0 Å². The van der Waals surface area contributed by atoms with Gasteiger partial charge in [0, 0.05) is 23.5 Å². The molecule has 6 nitrogen and oxygen atoms in total. The molecule has 1 amide bonds. The highest BCUT2D eigenvalue weighted by atomic mass is 79.9. The Bertz CT molecular complexity index is 808. The Labute approximate surface area is 128 Å². The van der Waals surface area contributed by atoms with E-state index in [9.17, 15) is 14.9 Å². The minimum absolute atomic E-state index is 0.0700. The average molecular weight is 348 g/mol. The number of hydrogen-bond acceptors (Lipinski definition) is 3. The van der Waals surface area contributed by atoms with E-state index in [0.29, 0.717) is 21.3 Å². The van der Waals surface area contributed by atoms with Crippen LogP contribution in [0, 0.1) is 17.0 Å². The number of halogens is 1. The Morgan fingerprint density at radius 1 is 1.33 bits per heavy atom. The van der Waals surface area contributed by atoms with E-state index in [1.807, 2.05) is 13.0 Å². The van der Waals surface area contributed by atoms with Crippen LogP contribution in [0.1, 0.15) is 16.8 Å². The molecular weight excluding hydrogens is 338 g/mol. The molecule has 0 atom stereocenters. The molecule has 0 unspecified atom stereocenters. The number of nitrogens with one attached hydrogen (secondary N) is 2. The van der Waals surface area contributed by atoms with Crippen molar-refractivity contribution in [2.45, 2.75) is 6.92 Å². The molecule has 2 aromatic rings. The van der Waals surface area contributed by atoms with Crippen LogP contribution in [-0.4, -0.2) is 15.8 Å². The predicted molar refractivity (Wildman–Crippen MR) is 82.8 cm³/mol. The summed E-state index contributed by atoms with van der Waals surface area (Å²) >= 11 is 3.24. The number of carbonyl (C=O) groups is 1. The lowest BCUT2D eigenvalue weighted by Gasteiger charge is -2.03. The third-order valence-corrected chi connectivity index (χ3v) is 4.17. The van der Waals surface area contributed by atoms with Crippen LogP contribution in [0.2, 0.25) is 0 Å². The van der Waals surface area contributed by atoms with E-state index in [4.69, 9.17) is 0 Å².